The third kappa shape index (κ3) is 3.35. The molecule has 0 aliphatic rings. The van der Waals surface area contributed by atoms with Crippen LogP contribution in [0.25, 0.3) is 0 Å². The number of benzene rings is 2. The van der Waals surface area contributed by atoms with E-state index in [0.29, 0.717) is 22.4 Å². The van der Waals surface area contributed by atoms with Gasteiger partial charge in [0.25, 0.3) is 5.91 Å². The smallest absolute Gasteiger partial charge is 0.258 e. The van der Waals surface area contributed by atoms with Crippen LogP contribution in [0.4, 0.5) is 5.88 Å². The second-order valence-corrected chi connectivity index (χ2v) is 5.06. The third-order valence-corrected chi connectivity index (χ3v) is 3.31. The molecule has 5 nitrogen and oxygen atoms in total. The Hall–Kier alpha value is -3.21. The number of carbonyl (C=O) groups excluding carboxylic acids is 2. The molecular formula is C18H14N2O3. The molecular weight excluding hydrogens is 292 g/mol. The van der Waals surface area contributed by atoms with Gasteiger partial charge in [0.05, 0.1) is 5.69 Å². The van der Waals surface area contributed by atoms with E-state index >= 15 is 0 Å². The quantitative estimate of drug-likeness (QED) is 0.749. The highest BCUT2D eigenvalue weighted by atomic mass is 16.5. The first-order valence-corrected chi connectivity index (χ1v) is 7.08. The van der Waals surface area contributed by atoms with Crippen molar-refractivity contribution in [2.45, 2.75) is 6.92 Å². The summed E-state index contributed by atoms with van der Waals surface area (Å²) in [6.45, 7) is 1.77. The normalized spacial score (nSPS) is 10.3. The van der Waals surface area contributed by atoms with Crippen LogP contribution in [0.1, 0.15) is 32.0 Å². The number of nitrogens with zero attached hydrogens (tertiary/aromatic N) is 1. The predicted octanol–water partition coefficient (Wildman–Crippen LogP) is 3.47. The Balaban J connectivity index is 1.74. The molecule has 0 saturated heterocycles. The van der Waals surface area contributed by atoms with Gasteiger partial charge in [0.1, 0.15) is 0 Å². The largest absolute Gasteiger partial charge is 0.338 e. The van der Waals surface area contributed by atoms with Crippen molar-refractivity contribution in [3.8, 4) is 0 Å². The fourth-order valence-electron chi connectivity index (χ4n) is 2.14. The zero-order valence-electron chi connectivity index (χ0n) is 12.4. The van der Waals surface area contributed by atoms with Crippen LogP contribution in [-0.2, 0) is 0 Å². The molecule has 5 heteroatoms. The van der Waals surface area contributed by atoms with E-state index in [-0.39, 0.29) is 17.6 Å². The Bertz CT molecular complexity index is 836. The number of amides is 1. The van der Waals surface area contributed by atoms with Gasteiger partial charge < -0.3 is 4.52 Å². The minimum absolute atomic E-state index is 0.0802. The molecule has 1 amide bonds. The van der Waals surface area contributed by atoms with Gasteiger partial charge in [0, 0.05) is 22.8 Å². The van der Waals surface area contributed by atoms with Gasteiger partial charge in [-0.1, -0.05) is 47.6 Å². The van der Waals surface area contributed by atoms with Crippen LogP contribution in [0.3, 0.4) is 0 Å². The van der Waals surface area contributed by atoms with E-state index in [1.54, 1.807) is 49.4 Å². The first-order valence-electron chi connectivity index (χ1n) is 7.08. The van der Waals surface area contributed by atoms with Crippen LogP contribution in [0, 0.1) is 6.92 Å². The molecule has 0 aliphatic heterocycles. The van der Waals surface area contributed by atoms with Gasteiger partial charge in [0.15, 0.2) is 5.78 Å². The Morgan fingerprint density at radius 3 is 2.13 bits per heavy atom. The summed E-state index contributed by atoms with van der Waals surface area (Å²) in [5.74, 6) is -0.111. The molecule has 0 bridgehead atoms. The van der Waals surface area contributed by atoms with Crippen LogP contribution in [0.2, 0.25) is 0 Å². The average Bonchev–Trinajstić information content (AvgIpc) is 3.00. The molecule has 0 radical (unpaired) electrons. The first kappa shape index (κ1) is 14.7. The van der Waals surface area contributed by atoms with Crippen molar-refractivity contribution in [2.24, 2.45) is 0 Å². The molecule has 1 heterocycles. The minimum atomic E-state index is -0.320. The second-order valence-electron chi connectivity index (χ2n) is 5.06. The van der Waals surface area contributed by atoms with Crippen molar-refractivity contribution in [2.75, 3.05) is 5.32 Å². The molecule has 0 spiro atoms. The van der Waals surface area contributed by atoms with E-state index in [9.17, 15) is 9.59 Å². The Morgan fingerprint density at radius 2 is 1.52 bits per heavy atom. The van der Waals surface area contributed by atoms with Gasteiger partial charge >= 0.3 is 0 Å². The minimum Gasteiger partial charge on any atom is -0.338 e. The highest BCUT2D eigenvalue weighted by molar-refractivity contribution is 6.10. The van der Waals surface area contributed by atoms with E-state index in [1.807, 2.05) is 18.2 Å². The number of ketones is 1. The summed E-state index contributed by atoms with van der Waals surface area (Å²) in [4.78, 5) is 24.4. The summed E-state index contributed by atoms with van der Waals surface area (Å²) in [6.07, 6.45) is 0. The zero-order valence-corrected chi connectivity index (χ0v) is 12.4. The van der Waals surface area contributed by atoms with E-state index in [2.05, 4.69) is 10.5 Å². The van der Waals surface area contributed by atoms with Crippen LogP contribution in [-0.4, -0.2) is 16.8 Å². The molecule has 1 N–H and O–H groups in total. The van der Waals surface area contributed by atoms with E-state index < -0.39 is 0 Å². The molecule has 0 atom stereocenters. The molecule has 0 unspecified atom stereocenters. The molecule has 2 aromatic carbocycles. The molecule has 0 aliphatic carbocycles. The monoisotopic (exact) mass is 306 g/mol. The SMILES string of the molecule is Cc1cc(NC(=O)c2ccc(C(=O)c3ccccc3)cc2)on1. The highest BCUT2D eigenvalue weighted by Gasteiger charge is 2.12. The Kier molecular flexibility index (Phi) is 4.01. The van der Waals surface area contributed by atoms with Gasteiger partial charge in [0.2, 0.25) is 5.88 Å². The van der Waals surface area contributed by atoms with Gasteiger partial charge in [-0.2, -0.15) is 0 Å². The fourth-order valence-corrected chi connectivity index (χ4v) is 2.14. The summed E-state index contributed by atoms with van der Waals surface area (Å²) < 4.78 is 4.94. The average molecular weight is 306 g/mol. The van der Waals surface area contributed by atoms with E-state index in [0.717, 1.165) is 0 Å². The highest BCUT2D eigenvalue weighted by Crippen LogP contribution is 2.14. The Morgan fingerprint density at radius 1 is 0.913 bits per heavy atom. The molecule has 0 saturated carbocycles. The topological polar surface area (TPSA) is 72.2 Å². The summed E-state index contributed by atoms with van der Waals surface area (Å²) in [5, 5.41) is 6.31. The lowest BCUT2D eigenvalue weighted by Crippen LogP contribution is -2.11. The maximum absolute atomic E-state index is 12.3. The van der Waals surface area contributed by atoms with Crippen molar-refractivity contribution in [1.82, 2.24) is 5.16 Å². The van der Waals surface area contributed by atoms with Crippen molar-refractivity contribution >= 4 is 17.6 Å². The van der Waals surface area contributed by atoms with E-state index in [4.69, 9.17) is 4.52 Å². The summed E-state index contributed by atoms with van der Waals surface area (Å²) in [5.41, 5.74) is 2.26. The standard InChI is InChI=1S/C18H14N2O3/c1-12-11-16(23-20-12)19-18(22)15-9-7-14(8-10-15)17(21)13-5-3-2-4-6-13/h2-11H,1H3,(H,19,22). The predicted molar refractivity (Wildman–Crippen MR) is 85.5 cm³/mol. The maximum Gasteiger partial charge on any atom is 0.258 e. The van der Waals surface area contributed by atoms with Crippen molar-refractivity contribution < 1.29 is 14.1 Å². The lowest BCUT2D eigenvalue weighted by atomic mass is 10.0. The van der Waals surface area contributed by atoms with Crippen LogP contribution in [0.5, 0.6) is 0 Å². The summed E-state index contributed by atoms with van der Waals surface area (Å²) in [6, 6.07) is 17.1. The van der Waals surface area contributed by atoms with Gasteiger partial charge in [-0.3, -0.25) is 14.9 Å². The molecule has 114 valence electrons. The molecule has 3 aromatic rings. The number of hydrogen-bond donors (Lipinski definition) is 1. The number of aryl methyl sites for hydroxylation is 1. The van der Waals surface area contributed by atoms with Crippen molar-refractivity contribution in [3.63, 3.8) is 0 Å². The molecule has 1 aromatic heterocycles. The van der Waals surface area contributed by atoms with Crippen LogP contribution in [0.15, 0.2) is 65.2 Å². The van der Waals surface area contributed by atoms with Crippen molar-refractivity contribution in [1.29, 1.82) is 0 Å². The summed E-state index contributed by atoms with van der Waals surface area (Å²) in [7, 11) is 0. The van der Waals surface area contributed by atoms with Gasteiger partial charge in [-0.25, -0.2) is 0 Å². The van der Waals surface area contributed by atoms with Crippen LogP contribution >= 0.6 is 0 Å². The molecule has 0 fully saturated rings. The van der Waals surface area contributed by atoms with Crippen molar-refractivity contribution in [3.05, 3.63) is 83.0 Å². The van der Waals surface area contributed by atoms with Gasteiger partial charge in [-0.15, -0.1) is 0 Å². The number of aromatic nitrogens is 1. The first-order chi connectivity index (χ1) is 11.1. The summed E-state index contributed by atoms with van der Waals surface area (Å²) >= 11 is 0. The van der Waals surface area contributed by atoms with E-state index in [1.165, 1.54) is 0 Å². The lowest BCUT2D eigenvalue weighted by molar-refractivity contribution is 0.101. The maximum atomic E-state index is 12.3. The second kappa shape index (κ2) is 6.27. The van der Waals surface area contributed by atoms with Gasteiger partial charge in [-0.05, 0) is 19.1 Å². The van der Waals surface area contributed by atoms with Crippen LogP contribution < -0.4 is 5.32 Å². The lowest BCUT2D eigenvalue weighted by Gasteiger charge is -2.04. The Labute approximate surface area is 132 Å². The molecule has 23 heavy (non-hydrogen) atoms. The number of anilines is 1. The zero-order chi connectivity index (χ0) is 16.2. The molecule has 3 rings (SSSR count). The number of nitrogens with one attached hydrogen (secondary N) is 1. The number of carbonyl (C=O) groups is 2. The fraction of sp³-hybridized carbons (Fsp3) is 0.0556. The number of hydrogen-bond acceptors (Lipinski definition) is 4. The third-order valence-electron chi connectivity index (χ3n) is 3.31. The number of rotatable bonds is 4.